The Morgan fingerprint density at radius 1 is 1.27 bits per heavy atom. The molecule has 0 aliphatic heterocycles. The highest BCUT2D eigenvalue weighted by Gasteiger charge is 2.25. The second-order valence-electron chi connectivity index (χ2n) is 5.46. The summed E-state index contributed by atoms with van der Waals surface area (Å²) in [5.74, 6) is 0.939. The molecule has 4 nitrogen and oxygen atoms in total. The summed E-state index contributed by atoms with van der Waals surface area (Å²) in [6.45, 7) is 7.15. The number of carbonyl (C=O) groups excluding carboxylic acids is 1. The van der Waals surface area contributed by atoms with Gasteiger partial charge >= 0.3 is 0 Å². The Labute approximate surface area is 140 Å². The van der Waals surface area contributed by atoms with Crippen LogP contribution in [0.5, 0.6) is 5.75 Å². The maximum atomic E-state index is 12.0. The van der Waals surface area contributed by atoms with Crippen molar-refractivity contribution in [3.05, 3.63) is 29.8 Å². The van der Waals surface area contributed by atoms with Gasteiger partial charge in [-0.05, 0) is 37.8 Å². The molecule has 3 N–H and O–H groups in total. The summed E-state index contributed by atoms with van der Waals surface area (Å²) in [6, 6.07) is 7.90. The summed E-state index contributed by atoms with van der Waals surface area (Å²) in [4.78, 5) is 12.0. The Balaban J connectivity index is 0.00000441. The SMILES string of the molecule is CCC(CC)(CN)NC(=O)CCCOc1ccccc1C.Cl. The molecule has 0 fully saturated rings. The third-order valence-electron chi connectivity index (χ3n) is 4.05. The third kappa shape index (κ3) is 6.24. The summed E-state index contributed by atoms with van der Waals surface area (Å²) >= 11 is 0. The van der Waals surface area contributed by atoms with E-state index in [0.29, 0.717) is 26.0 Å². The van der Waals surface area contributed by atoms with Crippen LogP contribution < -0.4 is 15.8 Å². The highest BCUT2D eigenvalue weighted by Crippen LogP contribution is 2.17. The lowest BCUT2D eigenvalue weighted by Crippen LogP contribution is -2.52. The predicted molar refractivity (Wildman–Crippen MR) is 93.7 cm³/mol. The number of nitrogens with one attached hydrogen (secondary N) is 1. The number of rotatable bonds is 9. The van der Waals surface area contributed by atoms with Crippen LogP contribution >= 0.6 is 12.4 Å². The molecule has 0 heterocycles. The summed E-state index contributed by atoms with van der Waals surface area (Å²) in [5, 5.41) is 3.07. The largest absolute Gasteiger partial charge is 0.493 e. The van der Waals surface area contributed by atoms with Crippen molar-refractivity contribution in [2.45, 2.75) is 52.0 Å². The number of hydrogen-bond donors (Lipinski definition) is 2. The minimum absolute atomic E-state index is 0. The maximum Gasteiger partial charge on any atom is 0.220 e. The van der Waals surface area contributed by atoms with Crippen molar-refractivity contribution >= 4 is 18.3 Å². The van der Waals surface area contributed by atoms with Crippen molar-refractivity contribution in [1.29, 1.82) is 0 Å². The van der Waals surface area contributed by atoms with Gasteiger partial charge in [0.2, 0.25) is 5.91 Å². The predicted octanol–water partition coefficient (Wildman–Crippen LogP) is 3.21. The average Bonchev–Trinajstić information content (AvgIpc) is 2.51. The highest BCUT2D eigenvalue weighted by atomic mass is 35.5. The standard InChI is InChI=1S/C17H28N2O2.ClH/c1-4-17(5-2,13-18)19-16(20)11-8-12-21-15-10-7-6-9-14(15)3;/h6-7,9-10H,4-5,8,11-13,18H2,1-3H3,(H,19,20);1H. The molecule has 0 aliphatic rings. The Bertz CT molecular complexity index is 440. The smallest absolute Gasteiger partial charge is 0.220 e. The van der Waals surface area contributed by atoms with Crippen molar-refractivity contribution in [3.63, 3.8) is 0 Å². The molecule has 0 saturated heterocycles. The van der Waals surface area contributed by atoms with Crippen LogP contribution in [-0.2, 0) is 4.79 Å². The summed E-state index contributed by atoms with van der Waals surface area (Å²) in [6.07, 6.45) is 2.87. The van der Waals surface area contributed by atoms with Gasteiger partial charge in [0.25, 0.3) is 0 Å². The number of benzene rings is 1. The van der Waals surface area contributed by atoms with Gasteiger partial charge in [-0.1, -0.05) is 32.0 Å². The fourth-order valence-electron chi connectivity index (χ4n) is 2.26. The fraction of sp³-hybridized carbons (Fsp3) is 0.588. The van der Waals surface area contributed by atoms with E-state index in [2.05, 4.69) is 19.2 Å². The van der Waals surface area contributed by atoms with Crippen LogP contribution in [-0.4, -0.2) is 24.6 Å². The third-order valence-corrected chi connectivity index (χ3v) is 4.05. The van der Waals surface area contributed by atoms with E-state index >= 15 is 0 Å². The Hall–Kier alpha value is -1.26. The van der Waals surface area contributed by atoms with Crippen LogP contribution in [0, 0.1) is 6.92 Å². The van der Waals surface area contributed by atoms with Crippen molar-refractivity contribution < 1.29 is 9.53 Å². The summed E-state index contributed by atoms with van der Waals surface area (Å²) in [5.41, 5.74) is 6.64. The van der Waals surface area contributed by atoms with E-state index in [4.69, 9.17) is 10.5 Å². The van der Waals surface area contributed by atoms with Crippen LogP contribution in [0.2, 0.25) is 0 Å². The zero-order valence-corrected chi connectivity index (χ0v) is 14.7. The van der Waals surface area contributed by atoms with E-state index in [0.717, 1.165) is 24.2 Å². The topological polar surface area (TPSA) is 64.3 Å². The number of aryl methyl sites for hydroxylation is 1. The van der Waals surface area contributed by atoms with E-state index in [-0.39, 0.29) is 23.9 Å². The zero-order valence-electron chi connectivity index (χ0n) is 13.9. The second kappa shape index (κ2) is 10.5. The monoisotopic (exact) mass is 328 g/mol. The molecule has 0 saturated carbocycles. The van der Waals surface area contributed by atoms with Gasteiger partial charge in [0.1, 0.15) is 5.75 Å². The Morgan fingerprint density at radius 3 is 2.45 bits per heavy atom. The minimum atomic E-state index is -0.256. The first-order valence-corrected chi connectivity index (χ1v) is 7.76. The molecule has 0 radical (unpaired) electrons. The molecular formula is C17H29ClN2O2. The van der Waals surface area contributed by atoms with Gasteiger partial charge in [0.05, 0.1) is 12.1 Å². The Morgan fingerprint density at radius 2 is 1.91 bits per heavy atom. The van der Waals surface area contributed by atoms with E-state index in [1.54, 1.807) is 0 Å². The molecular weight excluding hydrogens is 300 g/mol. The zero-order chi connectivity index (χ0) is 15.7. The maximum absolute atomic E-state index is 12.0. The van der Waals surface area contributed by atoms with Gasteiger partial charge in [-0.2, -0.15) is 0 Å². The first-order valence-electron chi connectivity index (χ1n) is 7.76. The van der Waals surface area contributed by atoms with Crippen molar-refractivity contribution in [1.82, 2.24) is 5.32 Å². The molecule has 1 amide bonds. The van der Waals surface area contributed by atoms with Crippen molar-refractivity contribution in [2.24, 2.45) is 5.73 Å². The molecule has 0 atom stereocenters. The van der Waals surface area contributed by atoms with Gasteiger partial charge in [-0.25, -0.2) is 0 Å². The lowest BCUT2D eigenvalue weighted by atomic mass is 9.92. The van der Waals surface area contributed by atoms with E-state index in [1.165, 1.54) is 0 Å². The molecule has 1 aromatic rings. The van der Waals surface area contributed by atoms with Crippen molar-refractivity contribution in [2.75, 3.05) is 13.2 Å². The van der Waals surface area contributed by atoms with Crippen LogP contribution in [0.1, 0.15) is 45.1 Å². The number of nitrogens with two attached hydrogens (primary N) is 1. The van der Waals surface area contributed by atoms with Gasteiger partial charge in [0.15, 0.2) is 0 Å². The summed E-state index contributed by atoms with van der Waals surface area (Å²) in [7, 11) is 0. The number of carbonyl (C=O) groups is 1. The molecule has 0 bridgehead atoms. The molecule has 0 aliphatic carbocycles. The number of halogens is 1. The van der Waals surface area contributed by atoms with E-state index < -0.39 is 0 Å². The molecule has 0 spiro atoms. The molecule has 0 aromatic heterocycles. The highest BCUT2D eigenvalue weighted by molar-refractivity contribution is 5.85. The number of amides is 1. The fourth-order valence-corrected chi connectivity index (χ4v) is 2.26. The van der Waals surface area contributed by atoms with Crippen LogP contribution in [0.3, 0.4) is 0 Å². The van der Waals surface area contributed by atoms with E-state index in [1.807, 2.05) is 31.2 Å². The average molecular weight is 329 g/mol. The lowest BCUT2D eigenvalue weighted by molar-refractivity contribution is -0.123. The number of ether oxygens (including phenoxy) is 1. The van der Waals surface area contributed by atoms with Gasteiger partial charge in [-0.3, -0.25) is 4.79 Å². The Kier molecular flexibility index (Phi) is 9.86. The normalized spacial score (nSPS) is 10.7. The molecule has 1 rings (SSSR count). The first kappa shape index (κ1) is 20.7. The molecule has 0 unspecified atom stereocenters. The van der Waals surface area contributed by atoms with Crippen molar-refractivity contribution in [3.8, 4) is 5.75 Å². The van der Waals surface area contributed by atoms with Gasteiger partial charge < -0.3 is 15.8 Å². The number of para-hydroxylation sites is 1. The lowest BCUT2D eigenvalue weighted by Gasteiger charge is -2.31. The van der Waals surface area contributed by atoms with Gasteiger partial charge in [-0.15, -0.1) is 12.4 Å². The molecule has 126 valence electrons. The number of hydrogen-bond acceptors (Lipinski definition) is 3. The molecule has 22 heavy (non-hydrogen) atoms. The molecule has 1 aromatic carbocycles. The first-order chi connectivity index (χ1) is 10.1. The summed E-state index contributed by atoms with van der Waals surface area (Å²) < 4.78 is 5.69. The quantitative estimate of drug-likeness (QED) is 0.684. The molecule has 5 heteroatoms. The van der Waals surface area contributed by atoms with E-state index in [9.17, 15) is 4.79 Å². The van der Waals surface area contributed by atoms with Crippen LogP contribution in [0.15, 0.2) is 24.3 Å². The second-order valence-corrected chi connectivity index (χ2v) is 5.46. The van der Waals surface area contributed by atoms with Crippen LogP contribution in [0.4, 0.5) is 0 Å². The minimum Gasteiger partial charge on any atom is -0.493 e. The van der Waals surface area contributed by atoms with Gasteiger partial charge in [0, 0.05) is 13.0 Å². The van der Waals surface area contributed by atoms with Crippen LogP contribution in [0.25, 0.3) is 0 Å².